The minimum Gasteiger partial charge on any atom is -0.495 e. The second kappa shape index (κ2) is 8.58. The van der Waals surface area contributed by atoms with Crippen molar-refractivity contribution in [3.8, 4) is 5.75 Å². The van der Waals surface area contributed by atoms with E-state index in [1.165, 1.54) is 7.11 Å². The molecule has 2 aromatic carbocycles. The number of ether oxygens (including phenoxy) is 2. The molecule has 0 unspecified atom stereocenters. The Balaban J connectivity index is 1.86. The minimum absolute atomic E-state index is 0.388. The van der Waals surface area contributed by atoms with Crippen molar-refractivity contribution >= 4 is 40.7 Å². The van der Waals surface area contributed by atoms with Gasteiger partial charge >= 0.3 is 5.97 Å². The van der Waals surface area contributed by atoms with Crippen LogP contribution in [0.1, 0.15) is 16.1 Å². The van der Waals surface area contributed by atoms with Gasteiger partial charge in [0.15, 0.2) is 0 Å². The van der Waals surface area contributed by atoms with Gasteiger partial charge in [-0.05, 0) is 37.3 Å². The number of aromatic nitrogens is 2. The minimum atomic E-state index is -0.430. The van der Waals surface area contributed by atoms with E-state index >= 15 is 0 Å². The smallest absolute Gasteiger partial charge is 0.339 e. The zero-order chi connectivity index (χ0) is 20.1. The lowest BCUT2D eigenvalue weighted by Crippen LogP contribution is -2.07. The Bertz CT molecular complexity index is 1010. The number of para-hydroxylation sites is 1. The Morgan fingerprint density at radius 1 is 1.04 bits per heavy atom. The van der Waals surface area contributed by atoms with Crippen LogP contribution < -0.4 is 15.4 Å². The molecule has 0 atom stereocenters. The summed E-state index contributed by atoms with van der Waals surface area (Å²) in [5.74, 6) is 1.07. The highest BCUT2D eigenvalue weighted by Crippen LogP contribution is 2.29. The molecule has 1 aromatic heterocycles. The maximum Gasteiger partial charge on any atom is 0.339 e. The molecular formula is C20H19ClN4O3. The van der Waals surface area contributed by atoms with E-state index in [2.05, 4.69) is 20.6 Å². The van der Waals surface area contributed by atoms with Crippen LogP contribution in [0.15, 0.2) is 48.5 Å². The molecule has 8 heteroatoms. The molecule has 144 valence electrons. The summed E-state index contributed by atoms with van der Waals surface area (Å²) in [4.78, 5) is 20.8. The second-order valence-corrected chi connectivity index (χ2v) is 6.26. The van der Waals surface area contributed by atoms with Crippen molar-refractivity contribution in [1.29, 1.82) is 0 Å². The van der Waals surface area contributed by atoms with E-state index in [1.54, 1.807) is 43.5 Å². The largest absolute Gasteiger partial charge is 0.495 e. The zero-order valence-corrected chi connectivity index (χ0v) is 16.4. The Hall–Kier alpha value is -3.32. The Morgan fingerprint density at radius 3 is 2.54 bits per heavy atom. The maximum atomic E-state index is 12.0. The molecule has 3 rings (SSSR count). The molecule has 0 spiro atoms. The standard InChI is InChI=1S/C20H19ClN4O3/c1-12-10-18(24-16-7-5-4-6-14(16)19(26)28-3)25-20(22-12)23-13-8-9-17(27-2)15(21)11-13/h4-11H,1-3H3,(H2,22,23,24,25). The first kappa shape index (κ1) is 19.4. The van der Waals surface area contributed by atoms with Crippen LogP contribution in [-0.4, -0.2) is 30.2 Å². The summed E-state index contributed by atoms with van der Waals surface area (Å²) >= 11 is 6.16. The normalized spacial score (nSPS) is 10.3. The van der Waals surface area contributed by atoms with Crippen molar-refractivity contribution in [1.82, 2.24) is 9.97 Å². The van der Waals surface area contributed by atoms with Gasteiger partial charge in [-0.1, -0.05) is 23.7 Å². The van der Waals surface area contributed by atoms with Gasteiger partial charge in [-0.2, -0.15) is 4.98 Å². The number of carbonyl (C=O) groups excluding carboxylic acids is 1. The lowest BCUT2D eigenvalue weighted by molar-refractivity contribution is 0.0602. The summed E-state index contributed by atoms with van der Waals surface area (Å²) < 4.78 is 9.98. The van der Waals surface area contributed by atoms with Gasteiger partial charge in [0.2, 0.25) is 5.95 Å². The van der Waals surface area contributed by atoms with Crippen LogP contribution in [0.2, 0.25) is 5.02 Å². The monoisotopic (exact) mass is 398 g/mol. The summed E-state index contributed by atoms with van der Waals surface area (Å²) in [5, 5.41) is 6.74. The maximum absolute atomic E-state index is 12.0. The van der Waals surface area contributed by atoms with E-state index in [4.69, 9.17) is 21.1 Å². The number of hydrogen-bond donors (Lipinski definition) is 2. The summed E-state index contributed by atoms with van der Waals surface area (Å²) in [6.07, 6.45) is 0. The van der Waals surface area contributed by atoms with Crippen LogP contribution in [-0.2, 0) is 4.74 Å². The van der Waals surface area contributed by atoms with Crippen molar-refractivity contribution in [3.63, 3.8) is 0 Å². The fraction of sp³-hybridized carbons (Fsp3) is 0.150. The SMILES string of the molecule is COC(=O)c1ccccc1Nc1cc(C)nc(Nc2ccc(OC)c(Cl)c2)n1. The lowest BCUT2D eigenvalue weighted by atomic mass is 10.2. The summed E-state index contributed by atoms with van der Waals surface area (Å²) in [5.41, 5.74) is 2.47. The van der Waals surface area contributed by atoms with Crippen molar-refractivity contribution in [2.75, 3.05) is 24.9 Å². The number of aryl methyl sites for hydroxylation is 1. The molecule has 7 nitrogen and oxygen atoms in total. The van der Waals surface area contributed by atoms with Crippen LogP contribution in [0.3, 0.4) is 0 Å². The molecule has 0 bridgehead atoms. The number of carbonyl (C=O) groups is 1. The molecule has 0 aliphatic rings. The van der Waals surface area contributed by atoms with E-state index in [0.717, 1.165) is 11.4 Å². The number of rotatable bonds is 6. The number of nitrogens with one attached hydrogen (secondary N) is 2. The molecule has 0 saturated heterocycles. The average Bonchev–Trinajstić information content (AvgIpc) is 2.67. The number of benzene rings is 2. The van der Waals surface area contributed by atoms with Crippen LogP contribution in [0.5, 0.6) is 5.75 Å². The molecule has 0 aliphatic carbocycles. The van der Waals surface area contributed by atoms with Crippen LogP contribution in [0, 0.1) is 6.92 Å². The molecule has 28 heavy (non-hydrogen) atoms. The number of methoxy groups -OCH3 is 2. The van der Waals surface area contributed by atoms with E-state index in [9.17, 15) is 4.79 Å². The highest BCUT2D eigenvalue weighted by Gasteiger charge is 2.12. The molecule has 0 fully saturated rings. The van der Waals surface area contributed by atoms with Crippen molar-refractivity contribution in [3.05, 3.63) is 64.8 Å². The number of hydrogen-bond acceptors (Lipinski definition) is 7. The average molecular weight is 399 g/mol. The fourth-order valence-corrected chi connectivity index (χ4v) is 2.84. The van der Waals surface area contributed by atoms with Crippen molar-refractivity contribution < 1.29 is 14.3 Å². The van der Waals surface area contributed by atoms with Gasteiger partial charge in [0.25, 0.3) is 0 Å². The number of halogens is 1. The predicted octanol–water partition coefficient (Wildman–Crippen LogP) is 4.72. The summed E-state index contributed by atoms with van der Waals surface area (Å²) in [6.45, 7) is 1.85. The Kier molecular flexibility index (Phi) is 5.96. The quantitative estimate of drug-likeness (QED) is 0.581. The highest BCUT2D eigenvalue weighted by atomic mass is 35.5. The van der Waals surface area contributed by atoms with Gasteiger partial charge in [0.1, 0.15) is 11.6 Å². The van der Waals surface area contributed by atoms with Crippen LogP contribution in [0.25, 0.3) is 0 Å². The third-order valence-electron chi connectivity index (χ3n) is 3.86. The van der Waals surface area contributed by atoms with Crippen LogP contribution in [0.4, 0.5) is 23.1 Å². The van der Waals surface area contributed by atoms with Gasteiger partial charge in [-0.3, -0.25) is 0 Å². The van der Waals surface area contributed by atoms with Gasteiger partial charge in [-0.25, -0.2) is 9.78 Å². The third kappa shape index (κ3) is 4.50. The first-order valence-corrected chi connectivity index (χ1v) is 8.78. The van der Waals surface area contributed by atoms with Crippen LogP contribution >= 0.6 is 11.6 Å². The number of nitrogens with zero attached hydrogens (tertiary/aromatic N) is 2. The topological polar surface area (TPSA) is 85.4 Å². The highest BCUT2D eigenvalue weighted by molar-refractivity contribution is 6.32. The van der Waals surface area contributed by atoms with Crippen molar-refractivity contribution in [2.24, 2.45) is 0 Å². The molecule has 0 amide bonds. The first-order valence-electron chi connectivity index (χ1n) is 8.41. The number of anilines is 4. The molecular weight excluding hydrogens is 380 g/mol. The second-order valence-electron chi connectivity index (χ2n) is 5.85. The summed E-state index contributed by atoms with van der Waals surface area (Å²) in [7, 11) is 2.90. The molecule has 0 saturated carbocycles. The van der Waals surface area contributed by atoms with Gasteiger partial charge in [0.05, 0.1) is 30.5 Å². The zero-order valence-electron chi connectivity index (χ0n) is 15.6. The van der Waals surface area contributed by atoms with E-state index in [-0.39, 0.29) is 0 Å². The predicted molar refractivity (Wildman–Crippen MR) is 109 cm³/mol. The molecule has 3 aromatic rings. The molecule has 1 heterocycles. The number of esters is 1. The van der Waals surface area contributed by atoms with E-state index in [1.807, 2.05) is 19.1 Å². The first-order chi connectivity index (χ1) is 13.5. The molecule has 0 aliphatic heterocycles. The Morgan fingerprint density at radius 2 is 1.82 bits per heavy atom. The Labute approximate surface area is 167 Å². The van der Waals surface area contributed by atoms with Gasteiger partial charge < -0.3 is 20.1 Å². The fourth-order valence-electron chi connectivity index (χ4n) is 2.58. The van der Waals surface area contributed by atoms with Gasteiger partial charge in [0, 0.05) is 17.4 Å². The molecule has 2 N–H and O–H groups in total. The third-order valence-corrected chi connectivity index (χ3v) is 4.15. The lowest BCUT2D eigenvalue weighted by Gasteiger charge is -2.12. The summed E-state index contributed by atoms with van der Waals surface area (Å²) in [6, 6.07) is 14.1. The van der Waals surface area contributed by atoms with Gasteiger partial charge in [-0.15, -0.1) is 0 Å². The van der Waals surface area contributed by atoms with E-state index in [0.29, 0.717) is 33.8 Å². The van der Waals surface area contributed by atoms with E-state index < -0.39 is 5.97 Å². The molecule has 0 radical (unpaired) electrons. The van der Waals surface area contributed by atoms with Crippen molar-refractivity contribution in [2.45, 2.75) is 6.92 Å².